The van der Waals surface area contributed by atoms with E-state index >= 15 is 0 Å². The standard InChI is InChI=1S/C17H25BrN2O/c1-14-6-10-20(11-7-14)9-3-8-19-17(21)13-15-4-2-5-16(18)12-15/h2,4-5,12,14H,3,6-11,13H2,1H3,(H,19,21). The lowest BCUT2D eigenvalue weighted by Gasteiger charge is -2.30. The molecular formula is C17H25BrN2O. The van der Waals surface area contributed by atoms with E-state index in [4.69, 9.17) is 0 Å². The van der Waals surface area contributed by atoms with Crippen molar-refractivity contribution >= 4 is 21.8 Å². The number of benzene rings is 1. The molecule has 1 heterocycles. The van der Waals surface area contributed by atoms with E-state index in [1.54, 1.807) is 0 Å². The molecule has 0 atom stereocenters. The largest absolute Gasteiger partial charge is 0.356 e. The van der Waals surface area contributed by atoms with Crippen molar-refractivity contribution in [2.24, 2.45) is 5.92 Å². The molecule has 1 aliphatic heterocycles. The zero-order valence-corrected chi connectivity index (χ0v) is 14.4. The van der Waals surface area contributed by atoms with Gasteiger partial charge in [0.15, 0.2) is 0 Å². The van der Waals surface area contributed by atoms with Gasteiger partial charge in [-0.05, 0) is 62.5 Å². The second kappa shape index (κ2) is 8.54. The molecule has 0 saturated carbocycles. The Morgan fingerprint density at radius 1 is 1.38 bits per heavy atom. The summed E-state index contributed by atoms with van der Waals surface area (Å²) in [4.78, 5) is 14.4. The van der Waals surface area contributed by atoms with E-state index in [0.717, 1.165) is 35.5 Å². The number of nitrogens with zero attached hydrogens (tertiary/aromatic N) is 1. The van der Waals surface area contributed by atoms with E-state index < -0.39 is 0 Å². The number of carbonyl (C=O) groups excluding carboxylic acids is 1. The Morgan fingerprint density at radius 3 is 2.86 bits per heavy atom. The molecule has 4 heteroatoms. The van der Waals surface area contributed by atoms with Gasteiger partial charge in [0.05, 0.1) is 6.42 Å². The number of carbonyl (C=O) groups is 1. The van der Waals surface area contributed by atoms with Crippen LogP contribution in [-0.2, 0) is 11.2 Å². The summed E-state index contributed by atoms with van der Waals surface area (Å²) in [5.41, 5.74) is 1.05. The van der Waals surface area contributed by atoms with Gasteiger partial charge in [0.25, 0.3) is 0 Å². The number of amides is 1. The molecule has 3 nitrogen and oxygen atoms in total. The first-order chi connectivity index (χ1) is 10.1. The molecule has 116 valence electrons. The summed E-state index contributed by atoms with van der Waals surface area (Å²) >= 11 is 3.43. The Kier molecular flexibility index (Phi) is 6.71. The summed E-state index contributed by atoms with van der Waals surface area (Å²) in [5.74, 6) is 0.992. The molecule has 0 bridgehead atoms. The Balaban J connectivity index is 1.59. The summed E-state index contributed by atoms with van der Waals surface area (Å²) in [6, 6.07) is 7.92. The van der Waals surface area contributed by atoms with Crippen LogP contribution in [0.3, 0.4) is 0 Å². The van der Waals surface area contributed by atoms with Crippen LogP contribution in [0.4, 0.5) is 0 Å². The van der Waals surface area contributed by atoms with E-state index in [1.807, 2.05) is 24.3 Å². The van der Waals surface area contributed by atoms with Gasteiger partial charge in [-0.1, -0.05) is 35.0 Å². The third kappa shape index (κ3) is 6.18. The van der Waals surface area contributed by atoms with E-state index in [-0.39, 0.29) is 5.91 Å². The van der Waals surface area contributed by atoms with Crippen LogP contribution in [-0.4, -0.2) is 37.0 Å². The fraction of sp³-hybridized carbons (Fsp3) is 0.588. The highest BCUT2D eigenvalue weighted by molar-refractivity contribution is 9.10. The first kappa shape index (κ1) is 16.5. The van der Waals surface area contributed by atoms with Crippen LogP contribution < -0.4 is 5.32 Å². The van der Waals surface area contributed by atoms with Crippen LogP contribution in [0.25, 0.3) is 0 Å². The quantitative estimate of drug-likeness (QED) is 0.797. The van der Waals surface area contributed by atoms with Crippen LogP contribution in [0.2, 0.25) is 0 Å². The molecule has 1 aromatic rings. The van der Waals surface area contributed by atoms with Crippen molar-refractivity contribution in [3.05, 3.63) is 34.3 Å². The molecule has 0 spiro atoms. The maximum Gasteiger partial charge on any atom is 0.224 e. The number of rotatable bonds is 6. The van der Waals surface area contributed by atoms with E-state index in [0.29, 0.717) is 6.42 Å². The zero-order valence-electron chi connectivity index (χ0n) is 12.8. The molecule has 1 aromatic carbocycles. The fourth-order valence-electron chi connectivity index (χ4n) is 2.71. The third-order valence-electron chi connectivity index (χ3n) is 4.10. The SMILES string of the molecule is CC1CCN(CCCNC(=O)Cc2cccc(Br)c2)CC1. The van der Waals surface area contributed by atoms with Crippen LogP contribution in [0, 0.1) is 5.92 Å². The minimum atomic E-state index is 0.111. The van der Waals surface area contributed by atoms with Gasteiger partial charge < -0.3 is 10.2 Å². The molecule has 2 rings (SSSR count). The van der Waals surface area contributed by atoms with Gasteiger partial charge in [0, 0.05) is 11.0 Å². The molecule has 1 N–H and O–H groups in total. The number of hydrogen-bond donors (Lipinski definition) is 1. The highest BCUT2D eigenvalue weighted by Gasteiger charge is 2.14. The number of hydrogen-bond acceptors (Lipinski definition) is 2. The lowest BCUT2D eigenvalue weighted by Crippen LogP contribution is -2.35. The first-order valence-electron chi connectivity index (χ1n) is 7.87. The maximum absolute atomic E-state index is 11.9. The summed E-state index contributed by atoms with van der Waals surface area (Å²) in [5, 5.41) is 3.02. The Hall–Kier alpha value is -0.870. The van der Waals surface area contributed by atoms with Crippen molar-refractivity contribution in [3.63, 3.8) is 0 Å². The second-order valence-corrected chi connectivity index (χ2v) is 6.95. The first-order valence-corrected chi connectivity index (χ1v) is 8.66. The molecule has 0 aliphatic carbocycles. The number of likely N-dealkylation sites (tertiary alicyclic amines) is 1. The molecular weight excluding hydrogens is 328 g/mol. The van der Waals surface area contributed by atoms with Crippen LogP contribution in [0.1, 0.15) is 31.7 Å². The molecule has 0 radical (unpaired) electrons. The van der Waals surface area contributed by atoms with Crippen molar-refractivity contribution in [2.75, 3.05) is 26.2 Å². The molecule has 1 saturated heterocycles. The summed E-state index contributed by atoms with van der Waals surface area (Å²) < 4.78 is 1.02. The van der Waals surface area contributed by atoms with Crippen LogP contribution >= 0.6 is 15.9 Å². The van der Waals surface area contributed by atoms with Crippen molar-refractivity contribution in [1.29, 1.82) is 0 Å². The van der Waals surface area contributed by atoms with Gasteiger partial charge >= 0.3 is 0 Å². The van der Waals surface area contributed by atoms with Crippen LogP contribution in [0.5, 0.6) is 0 Å². The highest BCUT2D eigenvalue weighted by atomic mass is 79.9. The van der Waals surface area contributed by atoms with Crippen molar-refractivity contribution in [2.45, 2.75) is 32.6 Å². The monoisotopic (exact) mass is 352 g/mol. The van der Waals surface area contributed by atoms with Gasteiger partial charge in [-0.15, -0.1) is 0 Å². The normalized spacial score (nSPS) is 16.9. The van der Waals surface area contributed by atoms with E-state index in [2.05, 4.69) is 33.1 Å². The third-order valence-corrected chi connectivity index (χ3v) is 4.60. The highest BCUT2D eigenvalue weighted by Crippen LogP contribution is 2.15. The van der Waals surface area contributed by atoms with Crippen molar-refractivity contribution in [1.82, 2.24) is 10.2 Å². The number of piperidine rings is 1. The van der Waals surface area contributed by atoms with Gasteiger partial charge in [0.1, 0.15) is 0 Å². The van der Waals surface area contributed by atoms with Crippen molar-refractivity contribution in [3.8, 4) is 0 Å². The average Bonchev–Trinajstić information content (AvgIpc) is 2.45. The maximum atomic E-state index is 11.9. The Labute approximate surface area is 136 Å². The van der Waals surface area contributed by atoms with Gasteiger partial charge in [-0.2, -0.15) is 0 Å². The lowest BCUT2D eigenvalue weighted by atomic mass is 9.99. The summed E-state index contributed by atoms with van der Waals surface area (Å²) in [7, 11) is 0. The topological polar surface area (TPSA) is 32.3 Å². The molecule has 0 aromatic heterocycles. The summed E-state index contributed by atoms with van der Waals surface area (Å²) in [6.07, 6.45) is 4.13. The second-order valence-electron chi connectivity index (χ2n) is 6.03. The average molecular weight is 353 g/mol. The predicted octanol–water partition coefficient (Wildman–Crippen LogP) is 3.23. The van der Waals surface area contributed by atoms with Gasteiger partial charge in [-0.3, -0.25) is 4.79 Å². The minimum Gasteiger partial charge on any atom is -0.356 e. The minimum absolute atomic E-state index is 0.111. The molecule has 1 fully saturated rings. The molecule has 1 aliphatic rings. The Bertz CT molecular complexity index is 456. The smallest absolute Gasteiger partial charge is 0.224 e. The van der Waals surface area contributed by atoms with Gasteiger partial charge in [0.2, 0.25) is 5.91 Å². The summed E-state index contributed by atoms with van der Waals surface area (Å²) in [6.45, 7) is 6.64. The zero-order chi connectivity index (χ0) is 15.1. The fourth-order valence-corrected chi connectivity index (χ4v) is 3.16. The molecule has 0 unspecified atom stereocenters. The predicted molar refractivity (Wildman–Crippen MR) is 90.3 cm³/mol. The molecule has 1 amide bonds. The van der Waals surface area contributed by atoms with Crippen molar-refractivity contribution < 1.29 is 4.79 Å². The van der Waals surface area contributed by atoms with Crippen LogP contribution in [0.15, 0.2) is 28.7 Å². The number of halogens is 1. The van der Waals surface area contributed by atoms with E-state index in [1.165, 1.54) is 25.9 Å². The Morgan fingerprint density at radius 2 is 2.14 bits per heavy atom. The van der Waals surface area contributed by atoms with E-state index in [9.17, 15) is 4.79 Å². The molecule has 21 heavy (non-hydrogen) atoms. The lowest BCUT2D eigenvalue weighted by molar-refractivity contribution is -0.120. The van der Waals surface area contributed by atoms with Gasteiger partial charge in [-0.25, -0.2) is 0 Å². The number of nitrogens with one attached hydrogen (secondary N) is 1.